The lowest BCUT2D eigenvalue weighted by atomic mass is 10.1. The number of carbonyl (C=O) groups is 3. The van der Waals surface area contributed by atoms with Gasteiger partial charge in [-0.25, -0.2) is 13.1 Å². The monoisotopic (exact) mass is 419 g/mol. The van der Waals surface area contributed by atoms with E-state index in [2.05, 4.69) is 10.0 Å². The van der Waals surface area contributed by atoms with Crippen LogP contribution in [0.4, 0.5) is 0 Å². The van der Waals surface area contributed by atoms with Gasteiger partial charge in [-0.05, 0) is 41.6 Å². The van der Waals surface area contributed by atoms with Gasteiger partial charge >= 0.3 is 0 Å². The van der Waals surface area contributed by atoms with E-state index in [1.54, 1.807) is 16.2 Å². The first kappa shape index (κ1) is 18.8. The third-order valence-electron chi connectivity index (χ3n) is 4.81. The Morgan fingerprint density at radius 2 is 1.96 bits per heavy atom. The van der Waals surface area contributed by atoms with Gasteiger partial charge in [0.25, 0.3) is 11.8 Å². The van der Waals surface area contributed by atoms with Crippen LogP contribution in [0.15, 0.2) is 34.5 Å². The first-order valence-corrected chi connectivity index (χ1v) is 11.0. The van der Waals surface area contributed by atoms with Crippen LogP contribution in [0.2, 0.25) is 0 Å². The topological polar surface area (TPSA) is 113 Å². The Morgan fingerprint density at radius 3 is 2.79 bits per heavy atom. The number of hydrogen-bond acceptors (Lipinski definition) is 6. The molecule has 8 nitrogen and oxygen atoms in total. The molecule has 0 aliphatic carbocycles. The van der Waals surface area contributed by atoms with Crippen LogP contribution in [-0.4, -0.2) is 44.1 Å². The van der Waals surface area contributed by atoms with Crippen LogP contribution < -0.4 is 10.0 Å². The molecule has 2 N–H and O–H groups in total. The van der Waals surface area contributed by atoms with Crippen molar-refractivity contribution in [1.82, 2.24) is 14.9 Å². The fourth-order valence-electron chi connectivity index (χ4n) is 3.31. The second-order valence-electron chi connectivity index (χ2n) is 6.57. The quantitative estimate of drug-likeness (QED) is 0.699. The molecule has 3 amide bonds. The zero-order valence-electron chi connectivity index (χ0n) is 14.7. The van der Waals surface area contributed by atoms with E-state index in [1.807, 2.05) is 11.4 Å². The molecule has 0 spiro atoms. The summed E-state index contributed by atoms with van der Waals surface area (Å²) in [6.07, 6.45) is 0.864. The number of nitrogens with one attached hydrogen (secondary N) is 2. The van der Waals surface area contributed by atoms with Crippen molar-refractivity contribution < 1.29 is 22.8 Å². The molecule has 0 saturated carbocycles. The molecule has 10 heteroatoms. The summed E-state index contributed by atoms with van der Waals surface area (Å²) in [6.45, 7) is 1.14. The molecule has 0 fully saturated rings. The summed E-state index contributed by atoms with van der Waals surface area (Å²) < 4.78 is 27.3. The number of benzene rings is 1. The van der Waals surface area contributed by atoms with E-state index in [0.717, 1.165) is 12.0 Å². The predicted molar refractivity (Wildman–Crippen MR) is 101 cm³/mol. The maximum atomic E-state index is 12.5. The van der Waals surface area contributed by atoms with Gasteiger partial charge in [-0.1, -0.05) is 0 Å². The summed E-state index contributed by atoms with van der Waals surface area (Å²) in [4.78, 5) is 38.6. The average Bonchev–Trinajstić information content (AvgIpc) is 3.25. The van der Waals surface area contributed by atoms with Gasteiger partial charge in [0.2, 0.25) is 15.9 Å². The highest BCUT2D eigenvalue weighted by molar-refractivity contribution is 7.89. The standard InChI is InChI=1S/C18H17N3O5S2/c22-16(21-7-4-15-11(10-21)5-8-27-15)3-6-19-28(25,26)12-1-2-13-14(9-12)18(24)20-17(13)23/h1-2,5,8-9,19H,3-4,6-7,10H2,(H,20,23,24). The molecule has 3 heterocycles. The van der Waals surface area contributed by atoms with Crippen molar-refractivity contribution >= 4 is 39.1 Å². The summed E-state index contributed by atoms with van der Waals surface area (Å²) in [5, 5.41) is 4.13. The average molecular weight is 419 g/mol. The molecular formula is C18H17N3O5S2. The van der Waals surface area contributed by atoms with E-state index in [0.29, 0.717) is 13.1 Å². The number of imide groups is 1. The Kier molecular flexibility index (Phi) is 4.77. The van der Waals surface area contributed by atoms with Crippen molar-refractivity contribution in [1.29, 1.82) is 0 Å². The molecule has 0 radical (unpaired) electrons. The Bertz CT molecular complexity index is 1090. The smallest absolute Gasteiger partial charge is 0.258 e. The maximum Gasteiger partial charge on any atom is 0.258 e. The number of hydrogen-bond donors (Lipinski definition) is 2. The van der Waals surface area contributed by atoms with Gasteiger partial charge in [0.15, 0.2) is 0 Å². The summed E-state index contributed by atoms with van der Waals surface area (Å²) in [7, 11) is -3.90. The molecule has 1 aromatic carbocycles. The molecule has 0 atom stereocenters. The van der Waals surface area contributed by atoms with E-state index >= 15 is 0 Å². The Balaban J connectivity index is 1.37. The van der Waals surface area contributed by atoms with E-state index in [1.165, 1.54) is 23.1 Å². The zero-order valence-corrected chi connectivity index (χ0v) is 16.4. The number of nitrogens with zero attached hydrogens (tertiary/aromatic N) is 1. The second kappa shape index (κ2) is 7.12. The van der Waals surface area contributed by atoms with E-state index in [9.17, 15) is 22.8 Å². The normalized spacial score (nSPS) is 15.9. The van der Waals surface area contributed by atoms with E-state index < -0.39 is 21.8 Å². The van der Waals surface area contributed by atoms with Crippen LogP contribution in [-0.2, 0) is 27.8 Å². The highest BCUT2D eigenvalue weighted by Gasteiger charge is 2.29. The van der Waals surface area contributed by atoms with Gasteiger partial charge in [-0.3, -0.25) is 19.7 Å². The fourth-order valence-corrected chi connectivity index (χ4v) is 5.26. The lowest BCUT2D eigenvalue weighted by Gasteiger charge is -2.27. The molecule has 0 saturated heterocycles. The second-order valence-corrected chi connectivity index (χ2v) is 9.34. The largest absolute Gasteiger partial charge is 0.338 e. The molecule has 2 aliphatic rings. The predicted octanol–water partition coefficient (Wildman–Crippen LogP) is 0.885. The van der Waals surface area contributed by atoms with Gasteiger partial charge in [-0.2, -0.15) is 0 Å². The number of fused-ring (bicyclic) bond motifs is 2. The summed E-state index contributed by atoms with van der Waals surface area (Å²) in [5.74, 6) is -1.28. The number of rotatable bonds is 5. The van der Waals surface area contributed by atoms with Crippen molar-refractivity contribution in [3.63, 3.8) is 0 Å². The Morgan fingerprint density at radius 1 is 1.18 bits per heavy atom. The first-order valence-electron chi connectivity index (χ1n) is 8.67. The van der Waals surface area contributed by atoms with Gasteiger partial charge < -0.3 is 4.90 Å². The van der Waals surface area contributed by atoms with Crippen LogP contribution in [0.1, 0.15) is 37.6 Å². The van der Waals surface area contributed by atoms with Gasteiger partial charge in [0.05, 0.1) is 16.0 Å². The first-order chi connectivity index (χ1) is 13.3. The van der Waals surface area contributed by atoms with Crippen LogP contribution in [0, 0.1) is 0 Å². The molecular weight excluding hydrogens is 402 g/mol. The molecule has 1 aromatic heterocycles. The fraction of sp³-hybridized carbons (Fsp3) is 0.278. The lowest BCUT2D eigenvalue weighted by molar-refractivity contribution is -0.131. The van der Waals surface area contributed by atoms with Crippen LogP contribution >= 0.6 is 11.3 Å². The molecule has 4 rings (SSSR count). The van der Waals surface area contributed by atoms with Crippen LogP contribution in [0.3, 0.4) is 0 Å². The molecule has 146 valence electrons. The zero-order chi connectivity index (χ0) is 19.9. The molecule has 2 aliphatic heterocycles. The van der Waals surface area contributed by atoms with Crippen molar-refractivity contribution in [2.45, 2.75) is 24.3 Å². The van der Waals surface area contributed by atoms with Gasteiger partial charge in [0, 0.05) is 30.9 Å². The number of amides is 3. The minimum atomic E-state index is -3.90. The van der Waals surface area contributed by atoms with Crippen molar-refractivity contribution in [3.8, 4) is 0 Å². The molecule has 28 heavy (non-hydrogen) atoms. The number of carbonyl (C=O) groups excluding carboxylic acids is 3. The number of thiophene rings is 1. The Labute approximate surface area is 165 Å². The third kappa shape index (κ3) is 3.46. The summed E-state index contributed by atoms with van der Waals surface area (Å²) >= 11 is 1.69. The van der Waals surface area contributed by atoms with Crippen molar-refractivity contribution in [2.75, 3.05) is 13.1 Å². The highest BCUT2D eigenvalue weighted by atomic mass is 32.2. The van der Waals surface area contributed by atoms with Crippen molar-refractivity contribution in [3.05, 3.63) is 51.2 Å². The number of sulfonamides is 1. The minimum absolute atomic E-state index is 0.0313. The molecule has 0 unspecified atom stereocenters. The summed E-state index contributed by atoms with van der Waals surface area (Å²) in [5.41, 5.74) is 1.33. The third-order valence-corrected chi connectivity index (χ3v) is 7.29. The van der Waals surface area contributed by atoms with Gasteiger partial charge in [-0.15, -0.1) is 11.3 Å². The Hall–Kier alpha value is -2.56. The molecule has 0 bridgehead atoms. The van der Waals surface area contributed by atoms with Crippen LogP contribution in [0.25, 0.3) is 0 Å². The van der Waals surface area contributed by atoms with Gasteiger partial charge in [0.1, 0.15) is 0 Å². The lowest BCUT2D eigenvalue weighted by Crippen LogP contribution is -2.37. The van der Waals surface area contributed by atoms with Crippen LogP contribution in [0.5, 0.6) is 0 Å². The van der Waals surface area contributed by atoms with E-state index in [4.69, 9.17) is 0 Å². The SMILES string of the molecule is O=C1NC(=O)c2cc(S(=O)(=O)NCCC(=O)N3CCc4sccc4C3)ccc21. The van der Waals surface area contributed by atoms with Crippen molar-refractivity contribution in [2.24, 2.45) is 0 Å². The highest BCUT2D eigenvalue weighted by Crippen LogP contribution is 2.24. The maximum absolute atomic E-state index is 12.5. The van der Waals surface area contributed by atoms with E-state index in [-0.39, 0.29) is 34.9 Å². The summed E-state index contributed by atoms with van der Waals surface area (Å²) in [6, 6.07) is 5.75. The minimum Gasteiger partial charge on any atom is -0.338 e. The molecule has 2 aromatic rings.